The number of hydrogen-bond donors (Lipinski definition) is 0. The fraction of sp³-hybridized carbons (Fsp3) is 0.529. The number of ketones is 1. The molecule has 0 aromatic heterocycles. The Balaban J connectivity index is 1.85. The summed E-state index contributed by atoms with van der Waals surface area (Å²) in [6.45, 7) is 1.60. The molecule has 1 aromatic rings. The highest BCUT2D eigenvalue weighted by Gasteiger charge is 2.31. The predicted molar refractivity (Wildman–Crippen MR) is 92.0 cm³/mol. The molecule has 1 aliphatic heterocycles. The number of benzene rings is 1. The summed E-state index contributed by atoms with van der Waals surface area (Å²) >= 11 is 0. The van der Waals surface area contributed by atoms with Crippen LogP contribution in [0.5, 0.6) is 5.75 Å². The van der Waals surface area contributed by atoms with Gasteiger partial charge in [-0.3, -0.25) is 9.59 Å². The van der Waals surface area contributed by atoms with E-state index in [1.807, 2.05) is 0 Å². The number of methoxy groups -OCH3 is 1. The van der Waals surface area contributed by atoms with E-state index in [4.69, 9.17) is 9.47 Å². The first kappa shape index (κ1) is 20.3. The maximum absolute atomic E-state index is 13.6. The molecule has 9 heteroatoms. The zero-order valence-electron chi connectivity index (χ0n) is 14.7. The zero-order valence-corrected chi connectivity index (χ0v) is 15.6. The molecule has 1 saturated heterocycles. The second-order valence-electron chi connectivity index (χ2n) is 5.95. The van der Waals surface area contributed by atoms with Gasteiger partial charge in [-0.05, 0) is 38.0 Å². The second kappa shape index (κ2) is 8.59. The van der Waals surface area contributed by atoms with Crippen molar-refractivity contribution in [2.24, 2.45) is 5.92 Å². The predicted octanol–water partition coefficient (Wildman–Crippen LogP) is 1.62. The standard InChI is InChI=1S/C17H22FNO6S/c1-3-26(22,23)19-8-6-12(7-9-19)17(21)25-11-15(20)13-4-5-16(24-2)14(18)10-13/h4-5,10,12H,3,6-9,11H2,1-2H3. The lowest BCUT2D eigenvalue weighted by molar-refractivity contribution is -0.148. The fourth-order valence-corrected chi connectivity index (χ4v) is 3.86. The first-order valence-electron chi connectivity index (χ1n) is 8.29. The minimum Gasteiger partial charge on any atom is -0.494 e. The van der Waals surface area contributed by atoms with Crippen LogP contribution in [-0.4, -0.2) is 57.0 Å². The van der Waals surface area contributed by atoms with Crippen molar-refractivity contribution in [2.45, 2.75) is 19.8 Å². The molecule has 0 amide bonds. The minimum absolute atomic E-state index is 0.0207. The number of carbonyl (C=O) groups excluding carboxylic acids is 2. The Morgan fingerprint density at radius 2 is 1.92 bits per heavy atom. The van der Waals surface area contributed by atoms with Gasteiger partial charge in [-0.1, -0.05) is 0 Å². The number of ether oxygens (including phenoxy) is 2. The zero-order chi connectivity index (χ0) is 19.3. The Morgan fingerprint density at radius 1 is 1.27 bits per heavy atom. The molecule has 1 heterocycles. The van der Waals surface area contributed by atoms with Crippen molar-refractivity contribution in [1.29, 1.82) is 0 Å². The molecule has 0 N–H and O–H groups in total. The molecule has 1 aromatic carbocycles. The van der Waals surface area contributed by atoms with Gasteiger partial charge in [-0.25, -0.2) is 17.1 Å². The molecule has 26 heavy (non-hydrogen) atoms. The van der Waals surface area contributed by atoms with Gasteiger partial charge in [0.1, 0.15) is 0 Å². The van der Waals surface area contributed by atoms with Gasteiger partial charge in [0.15, 0.2) is 24.0 Å². The van der Waals surface area contributed by atoms with Crippen LogP contribution in [0.1, 0.15) is 30.1 Å². The molecule has 1 aliphatic rings. The van der Waals surface area contributed by atoms with E-state index in [1.54, 1.807) is 6.92 Å². The SMILES string of the molecule is CCS(=O)(=O)N1CCC(C(=O)OCC(=O)c2ccc(OC)c(F)c2)CC1. The molecule has 0 bridgehead atoms. The highest BCUT2D eigenvalue weighted by molar-refractivity contribution is 7.89. The summed E-state index contributed by atoms with van der Waals surface area (Å²) < 4.78 is 48.4. The maximum atomic E-state index is 13.6. The first-order chi connectivity index (χ1) is 12.3. The lowest BCUT2D eigenvalue weighted by atomic mass is 9.98. The van der Waals surface area contributed by atoms with E-state index in [1.165, 1.54) is 23.5 Å². The highest BCUT2D eigenvalue weighted by Crippen LogP contribution is 2.22. The molecule has 0 atom stereocenters. The first-order valence-corrected chi connectivity index (χ1v) is 9.90. The van der Waals surface area contributed by atoms with Crippen LogP contribution in [0.4, 0.5) is 4.39 Å². The van der Waals surface area contributed by atoms with Crippen molar-refractivity contribution < 1.29 is 31.9 Å². The van der Waals surface area contributed by atoms with Gasteiger partial charge in [0.05, 0.1) is 18.8 Å². The van der Waals surface area contributed by atoms with Crippen LogP contribution in [0.25, 0.3) is 0 Å². The molecular weight excluding hydrogens is 365 g/mol. The quantitative estimate of drug-likeness (QED) is 0.522. The smallest absolute Gasteiger partial charge is 0.309 e. The van der Waals surface area contributed by atoms with Crippen LogP contribution >= 0.6 is 0 Å². The van der Waals surface area contributed by atoms with Crippen molar-refractivity contribution in [3.8, 4) is 5.75 Å². The third-order valence-corrected chi connectivity index (χ3v) is 6.25. The maximum Gasteiger partial charge on any atom is 0.309 e. The highest BCUT2D eigenvalue weighted by atomic mass is 32.2. The van der Waals surface area contributed by atoms with Crippen molar-refractivity contribution >= 4 is 21.8 Å². The Bertz CT molecular complexity index is 771. The summed E-state index contributed by atoms with van der Waals surface area (Å²) in [6.07, 6.45) is 0.701. The number of halogens is 1. The van der Waals surface area contributed by atoms with E-state index in [-0.39, 0.29) is 30.2 Å². The summed E-state index contributed by atoms with van der Waals surface area (Å²) in [7, 11) is -1.94. The summed E-state index contributed by atoms with van der Waals surface area (Å²) in [5.41, 5.74) is 0.0833. The molecule has 0 radical (unpaired) electrons. The molecule has 144 valence electrons. The van der Waals surface area contributed by atoms with Gasteiger partial charge in [0.2, 0.25) is 10.0 Å². The van der Waals surface area contributed by atoms with E-state index >= 15 is 0 Å². The number of sulfonamides is 1. The van der Waals surface area contributed by atoms with Crippen LogP contribution < -0.4 is 4.74 Å². The van der Waals surface area contributed by atoms with E-state index in [2.05, 4.69) is 0 Å². The molecule has 2 rings (SSSR count). The van der Waals surface area contributed by atoms with Gasteiger partial charge < -0.3 is 9.47 Å². The topological polar surface area (TPSA) is 90.0 Å². The van der Waals surface area contributed by atoms with Crippen molar-refractivity contribution in [3.05, 3.63) is 29.6 Å². The number of Topliss-reactive ketones (excluding diaryl/α,β-unsaturated/α-hetero) is 1. The van der Waals surface area contributed by atoms with Gasteiger partial charge in [0, 0.05) is 18.7 Å². The monoisotopic (exact) mass is 387 g/mol. The fourth-order valence-electron chi connectivity index (χ4n) is 2.73. The normalized spacial score (nSPS) is 16.3. The molecular formula is C17H22FNO6S. The summed E-state index contributed by atoms with van der Waals surface area (Å²) in [4.78, 5) is 24.1. The summed E-state index contributed by atoms with van der Waals surface area (Å²) in [5, 5.41) is 0. The van der Waals surface area contributed by atoms with Gasteiger partial charge >= 0.3 is 5.97 Å². The third-order valence-electron chi connectivity index (χ3n) is 4.36. The van der Waals surface area contributed by atoms with E-state index in [0.717, 1.165) is 6.07 Å². The van der Waals surface area contributed by atoms with E-state index in [0.29, 0.717) is 12.8 Å². The number of carbonyl (C=O) groups is 2. The Kier molecular flexibility index (Phi) is 6.71. The summed E-state index contributed by atoms with van der Waals surface area (Å²) in [6, 6.07) is 3.75. The molecule has 0 spiro atoms. The van der Waals surface area contributed by atoms with Gasteiger partial charge in [-0.15, -0.1) is 0 Å². The van der Waals surface area contributed by atoms with E-state index < -0.39 is 40.1 Å². The van der Waals surface area contributed by atoms with Crippen molar-refractivity contribution in [2.75, 3.05) is 32.6 Å². The molecule has 0 saturated carbocycles. The Hall–Kier alpha value is -2.00. The second-order valence-corrected chi connectivity index (χ2v) is 8.21. The Labute approximate surface area is 152 Å². The number of rotatable bonds is 7. The Morgan fingerprint density at radius 3 is 2.46 bits per heavy atom. The van der Waals surface area contributed by atoms with Crippen molar-refractivity contribution in [1.82, 2.24) is 4.31 Å². The molecule has 0 unspecified atom stereocenters. The van der Waals surface area contributed by atoms with Gasteiger partial charge in [-0.2, -0.15) is 0 Å². The number of piperidine rings is 1. The lowest BCUT2D eigenvalue weighted by Crippen LogP contribution is -2.41. The average Bonchev–Trinajstić information content (AvgIpc) is 2.65. The third kappa shape index (κ3) is 4.79. The van der Waals surface area contributed by atoms with Crippen LogP contribution in [-0.2, 0) is 19.6 Å². The molecule has 1 fully saturated rings. The molecule has 7 nitrogen and oxygen atoms in total. The average molecular weight is 387 g/mol. The van der Waals surface area contributed by atoms with Crippen LogP contribution in [0, 0.1) is 11.7 Å². The molecule has 0 aliphatic carbocycles. The minimum atomic E-state index is -3.26. The van der Waals surface area contributed by atoms with Crippen molar-refractivity contribution in [3.63, 3.8) is 0 Å². The van der Waals surface area contributed by atoms with Crippen LogP contribution in [0.15, 0.2) is 18.2 Å². The van der Waals surface area contributed by atoms with E-state index in [9.17, 15) is 22.4 Å². The number of hydrogen-bond acceptors (Lipinski definition) is 6. The van der Waals surface area contributed by atoms with Crippen LogP contribution in [0.3, 0.4) is 0 Å². The van der Waals surface area contributed by atoms with Gasteiger partial charge in [0.25, 0.3) is 0 Å². The number of esters is 1. The lowest BCUT2D eigenvalue weighted by Gasteiger charge is -2.29. The van der Waals surface area contributed by atoms with Crippen LogP contribution in [0.2, 0.25) is 0 Å². The number of nitrogens with zero attached hydrogens (tertiary/aromatic N) is 1. The largest absolute Gasteiger partial charge is 0.494 e. The summed E-state index contributed by atoms with van der Waals surface area (Å²) in [5.74, 6) is -2.14.